The third kappa shape index (κ3) is 3.43. The molecule has 0 bridgehead atoms. The minimum absolute atomic E-state index is 0.327. The normalized spacial score (nSPS) is 12.4. The molecule has 0 saturated carbocycles. The quantitative estimate of drug-likeness (QED) is 0.820. The molecule has 0 spiro atoms. The number of thiophene rings is 1. The highest BCUT2D eigenvalue weighted by Gasteiger charge is 2.17. The summed E-state index contributed by atoms with van der Waals surface area (Å²) in [4.78, 5) is 1.43. The molecular weight excluding hydrogens is 334 g/mol. The number of rotatable bonds is 6. The molecule has 2 rings (SSSR count). The topological polar surface area (TPSA) is 21.3 Å². The number of nitrogens with one attached hydrogen (secondary N) is 1. The van der Waals surface area contributed by atoms with Gasteiger partial charge in [-0.2, -0.15) is 0 Å². The highest BCUT2D eigenvalue weighted by molar-refractivity contribution is 9.10. The zero-order valence-electron chi connectivity index (χ0n) is 12.1. The van der Waals surface area contributed by atoms with Crippen molar-refractivity contribution in [3.05, 3.63) is 50.1 Å². The summed E-state index contributed by atoms with van der Waals surface area (Å²) >= 11 is 5.37. The molecule has 1 aromatic heterocycles. The standard InChI is InChI=1S/C16H20BrNOS/c1-4-11-7-8-20-16(11)14(18-2)10-12-9-13(17)5-6-15(12)19-3/h5-9,14,18H,4,10H2,1-3H3. The molecule has 2 nitrogen and oxygen atoms in total. The molecule has 0 aliphatic heterocycles. The first-order valence-electron chi connectivity index (χ1n) is 6.75. The Kier molecular flexibility index (Phi) is 5.64. The van der Waals surface area contributed by atoms with E-state index in [9.17, 15) is 0 Å². The lowest BCUT2D eigenvalue weighted by atomic mass is 10.0. The van der Waals surface area contributed by atoms with Crippen molar-refractivity contribution in [2.24, 2.45) is 0 Å². The Labute approximate surface area is 133 Å². The molecule has 0 aliphatic rings. The molecule has 1 heterocycles. The molecule has 0 saturated heterocycles. The summed E-state index contributed by atoms with van der Waals surface area (Å²) in [6.45, 7) is 2.21. The number of aryl methyl sites for hydroxylation is 1. The SMILES string of the molecule is CCc1ccsc1C(Cc1cc(Br)ccc1OC)NC. The fourth-order valence-corrected chi connectivity index (χ4v) is 3.91. The molecule has 1 N–H and O–H groups in total. The summed E-state index contributed by atoms with van der Waals surface area (Å²) in [5, 5.41) is 5.62. The average molecular weight is 354 g/mol. The third-order valence-electron chi connectivity index (χ3n) is 3.49. The van der Waals surface area contributed by atoms with E-state index in [-0.39, 0.29) is 0 Å². The molecule has 1 unspecified atom stereocenters. The number of hydrogen-bond acceptors (Lipinski definition) is 3. The van der Waals surface area contributed by atoms with Crippen molar-refractivity contribution in [2.45, 2.75) is 25.8 Å². The van der Waals surface area contributed by atoms with Gasteiger partial charge in [-0.1, -0.05) is 22.9 Å². The predicted octanol–water partition coefficient (Wildman–Crippen LogP) is 4.58. The highest BCUT2D eigenvalue weighted by atomic mass is 79.9. The molecule has 0 aliphatic carbocycles. The summed E-state index contributed by atoms with van der Waals surface area (Å²) in [6, 6.07) is 8.72. The van der Waals surface area contributed by atoms with Crippen LogP contribution in [0.3, 0.4) is 0 Å². The van der Waals surface area contributed by atoms with E-state index in [4.69, 9.17) is 4.74 Å². The molecule has 108 valence electrons. The molecule has 0 amide bonds. The van der Waals surface area contributed by atoms with Crippen LogP contribution in [0.5, 0.6) is 5.75 Å². The Bertz CT molecular complexity index is 567. The van der Waals surface area contributed by atoms with Gasteiger partial charge in [0.2, 0.25) is 0 Å². The monoisotopic (exact) mass is 353 g/mol. The van der Waals surface area contributed by atoms with E-state index in [0.29, 0.717) is 6.04 Å². The lowest BCUT2D eigenvalue weighted by Gasteiger charge is -2.18. The summed E-state index contributed by atoms with van der Waals surface area (Å²) in [5.74, 6) is 0.947. The number of methoxy groups -OCH3 is 1. The van der Waals surface area contributed by atoms with Gasteiger partial charge in [-0.05, 0) is 60.7 Å². The van der Waals surface area contributed by atoms with Crippen LogP contribution < -0.4 is 10.1 Å². The number of halogens is 1. The van der Waals surface area contributed by atoms with E-state index in [1.807, 2.05) is 30.5 Å². The average Bonchev–Trinajstić information content (AvgIpc) is 2.93. The molecule has 1 aromatic carbocycles. The van der Waals surface area contributed by atoms with Crippen LogP contribution in [0, 0.1) is 0 Å². The first kappa shape index (κ1) is 15.5. The van der Waals surface area contributed by atoms with Crippen molar-refractivity contribution in [3.63, 3.8) is 0 Å². The van der Waals surface area contributed by atoms with Crippen molar-refractivity contribution in [1.82, 2.24) is 5.32 Å². The van der Waals surface area contributed by atoms with Gasteiger partial charge in [-0.25, -0.2) is 0 Å². The molecule has 1 atom stereocenters. The molecule has 0 fully saturated rings. The second-order valence-electron chi connectivity index (χ2n) is 4.67. The Morgan fingerprint density at radius 1 is 1.30 bits per heavy atom. The van der Waals surface area contributed by atoms with E-state index in [2.05, 4.69) is 45.7 Å². The van der Waals surface area contributed by atoms with E-state index < -0.39 is 0 Å². The van der Waals surface area contributed by atoms with Crippen molar-refractivity contribution < 1.29 is 4.74 Å². The minimum atomic E-state index is 0.327. The van der Waals surface area contributed by atoms with Gasteiger partial charge in [0.05, 0.1) is 7.11 Å². The second kappa shape index (κ2) is 7.25. The summed E-state index contributed by atoms with van der Waals surface area (Å²) in [5.41, 5.74) is 2.65. The Morgan fingerprint density at radius 2 is 2.10 bits per heavy atom. The molecular formula is C16H20BrNOS. The second-order valence-corrected chi connectivity index (χ2v) is 6.53. The zero-order chi connectivity index (χ0) is 14.5. The molecule has 4 heteroatoms. The third-order valence-corrected chi connectivity index (χ3v) is 5.06. The number of benzene rings is 1. The fraction of sp³-hybridized carbons (Fsp3) is 0.375. The lowest BCUT2D eigenvalue weighted by Crippen LogP contribution is -2.19. The van der Waals surface area contributed by atoms with Crippen molar-refractivity contribution in [2.75, 3.05) is 14.2 Å². The van der Waals surface area contributed by atoms with Crippen molar-refractivity contribution in [3.8, 4) is 5.75 Å². The lowest BCUT2D eigenvalue weighted by molar-refractivity contribution is 0.406. The number of likely N-dealkylation sites (N-methyl/N-ethyl adjacent to an activating group) is 1. The highest BCUT2D eigenvalue weighted by Crippen LogP contribution is 2.31. The van der Waals surface area contributed by atoms with E-state index >= 15 is 0 Å². The molecule has 2 aromatic rings. The molecule has 0 radical (unpaired) electrons. The van der Waals surface area contributed by atoms with Gasteiger partial charge in [0.25, 0.3) is 0 Å². The Morgan fingerprint density at radius 3 is 2.75 bits per heavy atom. The van der Waals surface area contributed by atoms with Crippen molar-refractivity contribution >= 4 is 27.3 Å². The van der Waals surface area contributed by atoms with Crippen LogP contribution in [0.4, 0.5) is 0 Å². The van der Waals surface area contributed by atoms with Gasteiger partial charge in [-0.3, -0.25) is 0 Å². The van der Waals surface area contributed by atoms with Crippen LogP contribution in [-0.4, -0.2) is 14.2 Å². The van der Waals surface area contributed by atoms with Gasteiger partial charge in [0.15, 0.2) is 0 Å². The summed E-state index contributed by atoms with van der Waals surface area (Å²) < 4.78 is 6.56. The maximum Gasteiger partial charge on any atom is 0.122 e. The van der Waals surface area contributed by atoms with E-state index in [0.717, 1.165) is 23.1 Å². The summed E-state index contributed by atoms with van der Waals surface area (Å²) in [7, 11) is 3.75. The maximum absolute atomic E-state index is 5.47. The van der Waals surface area contributed by atoms with Gasteiger partial charge in [-0.15, -0.1) is 11.3 Å². The number of hydrogen-bond donors (Lipinski definition) is 1. The Hall–Kier alpha value is -0.840. The predicted molar refractivity (Wildman–Crippen MR) is 89.9 cm³/mol. The minimum Gasteiger partial charge on any atom is -0.496 e. The van der Waals surface area contributed by atoms with Crippen molar-refractivity contribution in [1.29, 1.82) is 0 Å². The van der Waals surface area contributed by atoms with Crippen LogP contribution in [0.15, 0.2) is 34.1 Å². The Balaban J connectivity index is 2.29. The first-order valence-corrected chi connectivity index (χ1v) is 8.42. The summed E-state index contributed by atoms with van der Waals surface area (Å²) in [6.07, 6.45) is 2.00. The van der Waals surface area contributed by atoms with Crippen LogP contribution in [-0.2, 0) is 12.8 Å². The van der Waals surface area contributed by atoms with Crippen LogP contribution in [0.1, 0.15) is 29.0 Å². The van der Waals surface area contributed by atoms with Crippen LogP contribution in [0.2, 0.25) is 0 Å². The van der Waals surface area contributed by atoms with Gasteiger partial charge in [0, 0.05) is 15.4 Å². The van der Waals surface area contributed by atoms with Crippen LogP contribution in [0.25, 0.3) is 0 Å². The van der Waals surface area contributed by atoms with Gasteiger partial charge < -0.3 is 10.1 Å². The fourth-order valence-electron chi connectivity index (χ4n) is 2.40. The van der Waals surface area contributed by atoms with Gasteiger partial charge in [0.1, 0.15) is 5.75 Å². The number of ether oxygens (including phenoxy) is 1. The van der Waals surface area contributed by atoms with E-state index in [1.165, 1.54) is 16.0 Å². The first-order chi connectivity index (χ1) is 9.69. The van der Waals surface area contributed by atoms with E-state index in [1.54, 1.807) is 7.11 Å². The molecule has 20 heavy (non-hydrogen) atoms. The van der Waals surface area contributed by atoms with Crippen LogP contribution >= 0.6 is 27.3 Å². The maximum atomic E-state index is 5.47. The van der Waals surface area contributed by atoms with Gasteiger partial charge >= 0.3 is 0 Å². The largest absolute Gasteiger partial charge is 0.496 e. The zero-order valence-corrected chi connectivity index (χ0v) is 14.5. The smallest absolute Gasteiger partial charge is 0.122 e.